The zero-order valence-corrected chi connectivity index (χ0v) is 16.8. The van der Waals surface area contributed by atoms with Gasteiger partial charge in [-0.05, 0) is 43.3 Å². The molecular weight excluding hydrogens is 402 g/mol. The number of rotatable bonds is 5. The smallest absolute Gasteiger partial charge is 0.258 e. The first-order valence-electron chi connectivity index (χ1n) is 9.08. The minimum atomic E-state index is -3.80. The molecule has 0 bridgehead atoms. The van der Waals surface area contributed by atoms with Crippen molar-refractivity contribution in [1.29, 1.82) is 0 Å². The number of nitrogens with zero attached hydrogens (tertiary/aromatic N) is 3. The number of non-ortho nitro benzene ring substituents is 1. The summed E-state index contributed by atoms with van der Waals surface area (Å²) < 4.78 is 27.5. The van der Waals surface area contributed by atoms with E-state index in [0.717, 1.165) is 5.56 Å². The van der Waals surface area contributed by atoms with Gasteiger partial charge in [0.2, 0.25) is 0 Å². The lowest BCUT2D eigenvalue weighted by atomic mass is 10.1. The summed E-state index contributed by atoms with van der Waals surface area (Å²) in [5.74, 6) is 0. The second-order valence-electron chi connectivity index (χ2n) is 6.72. The number of aryl methyl sites for hydroxylation is 1. The molecule has 2 aromatic carbocycles. The highest BCUT2D eigenvalue weighted by Crippen LogP contribution is 2.27. The Morgan fingerprint density at radius 2 is 1.60 bits per heavy atom. The van der Waals surface area contributed by atoms with Crippen LogP contribution in [0, 0.1) is 17.0 Å². The molecule has 30 heavy (non-hydrogen) atoms. The molecule has 0 fully saturated rings. The van der Waals surface area contributed by atoms with Gasteiger partial charge in [0.25, 0.3) is 15.7 Å². The van der Waals surface area contributed by atoms with Crippen LogP contribution in [0.5, 0.6) is 0 Å². The lowest BCUT2D eigenvalue weighted by molar-refractivity contribution is -0.384. The van der Waals surface area contributed by atoms with Gasteiger partial charge < -0.3 is 0 Å². The Hall–Kier alpha value is -3.78. The number of aromatic nitrogens is 2. The summed E-state index contributed by atoms with van der Waals surface area (Å²) in [7, 11) is -3.80. The molecule has 0 aliphatic heterocycles. The molecule has 0 saturated heterocycles. The van der Waals surface area contributed by atoms with Crippen LogP contribution in [0.15, 0.2) is 90.0 Å². The van der Waals surface area contributed by atoms with E-state index in [4.69, 9.17) is 0 Å². The Kier molecular flexibility index (Phi) is 4.93. The van der Waals surface area contributed by atoms with Crippen molar-refractivity contribution in [1.82, 2.24) is 8.96 Å². The maximum Gasteiger partial charge on any atom is 0.270 e. The van der Waals surface area contributed by atoms with E-state index in [1.54, 1.807) is 66.7 Å². The molecule has 0 aliphatic carbocycles. The normalized spacial score (nSPS) is 11.4. The third-order valence-electron chi connectivity index (χ3n) is 4.66. The van der Waals surface area contributed by atoms with Gasteiger partial charge in [-0.3, -0.25) is 10.1 Å². The molecule has 2 aromatic heterocycles. The highest BCUT2D eigenvalue weighted by atomic mass is 32.2. The molecule has 0 spiro atoms. The summed E-state index contributed by atoms with van der Waals surface area (Å²) in [6, 6.07) is 21.3. The van der Waals surface area contributed by atoms with E-state index >= 15 is 0 Å². The standard InChI is InChI=1S/C22H17N3O4S/c1-16-10-12-19(13-11-16)30(28,29)24-14-4-9-22(24)21-8-3-7-20(23-21)17-5-2-6-18(15-17)25(26)27/h2-15H,1H3. The molecule has 150 valence electrons. The zero-order valence-electron chi connectivity index (χ0n) is 16.0. The topological polar surface area (TPSA) is 95.1 Å². The number of nitro benzene ring substituents is 1. The van der Waals surface area contributed by atoms with Crippen molar-refractivity contribution in [3.8, 4) is 22.6 Å². The first-order chi connectivity index (χ1) is 14.4. The van der Waals surface area contributed by atoms with E-state index in [1.165, 1.54) is 22.3 Å². The quantitative estimate of drug-likeness (QED) is 0.346. The van der Waals surface area contributed by atoms with Crippen LogP contribution in [-0.4, -0.2) is 22.3 Å². The molecule has 0 unspecified atom stereocenters. The van der Waals surface area contributed by atoms with E-state index < -0.39 is 14.9 Å². The molecule has 4 aromatic rings. The minimum absolute atomic E-state index is 0.0370. The van der Waals surface area contributed by atoms with Gasteiger partial charge in [0.15, 0.2) is 0 Å². The maximum atomic E-state index is 13.1. The van der Waals surface area contributed by atoms with E-state index in [2.05, 4.69) is 4.98 Å². The Labute approximate surface area is 173 Å². The Bertz CT molecular complexity index is 1340. The van der Waals surface area contributed by atoms with Crippen LogP contribution in [-0.2, 0) is 10.0 Å². The van der Waals surface area contributed by atoms with Crippen LogP contribution in [0.25, 0.3) is 22.6 Å². The van der Waals surface area contributed by atoms with Crippen LogP contribution in [0.2, 0.25) is 0 Å². The van der Waals surface area contributed by atoms with Crippen LogP contribution in [0.1, 0.15) is 5.56 Å². The predicted molar refractivity (Wildman–Crippen MR) is 114 cm³/mol. The van der Waals surface area contributed by atoms with Gasteiger partial charge in [0.1, 0.15) is 0 Å². The average Bonchev–Trinajstić information content (AvgIpc) is 3.25. The first kappa shape index (κ1) is 19.5. The second kappa shape index (κ2) is 7.57. The summed E-state index contributed by atoms with van der Waals surface area (Å²) in [6.45, 7) is 1.89. The molecule has 8 heteroatoms. The van der Waals surface area contributed by atoms with Gasteiger partial charge in [0, 0.05) is 23.9 Å². The highest BCUT2D eigenvalue weighted by molar-refractivity contribution is 7.90. The summed E-state index contributed by atoms with van der Waals surface area (Å²) >= 11 is 0. The third kappa shape index (κ3) is 3.60. The van der Waals surface area contributed by atoms with Crippen LogP contribution in [0.4, 0.5) is 5.69 Å². The fourth-order valence-corrected chi connectivity index (χ4v) is 4.47. The maximum absolute atomic E-state index is 13.1. The predicted octanol–water partition coefficient (Wildman–Crippen LogP) is 4.67. The molecule has 0 saturated carbocycles. The SMILES string of the molecule is Cc1ccc(S(=O)(=O)n2cccc2-c2cccc(-c3cccc([N+](=O)[O-])c3)n2)cc1. The lowest BCUT2D eigenvalue weighted by Gasteiger charge is -2.11. The molecule has 0 atom stereocenters. The Morgan fingerprint density at radius 1 is 0.900 bits per heavy atom. The largest absolute Gasteiger partial charge is 0.270 e. The van der Waals surface area contributed by atoms with Gasteiger partial charge >= 0.3 is 0 Å². The van der Waals surface area contributed by atoms with Crippen LogP contribution in [0.3, 0.4) is 0 Å². The molecular formula is C22H17N3O4S. The van der Waals surface area contributed by atoms with Crippen molar-refractivity contribution in [2.45, 2.75) is 11.8 Å². The van der Waals surface area contributed by atoms with E-state index in [0.29, 0.717) is 22.6 Å². The van der Waals surface area contributed by atoms with Crippen molar-refractivity contribution in [2.75, 3.05) is 0 Å². The number of benzene rings is 2. The fourth-order valence-electron chi connectivity index (χ4n) is 3.11. The summed E-state index contributed by atoms with van der Waals surface area (Å²) in [5, 5.41) is 11.1. The van der Waals surface area contributed by atoms with Gasteiger partial charge in [0.05, 0.1) is 26.9 Å². The Morgan fingerprint density at radius 3 is 2.33 bits per heavy atom. The van der Waals surface area contributed by atoms with E-state index in [1.807, 2.05) is 6.92 Å². The molecule has 0 N–H and O–H groups in total. The van der Waals surface area contributed by atoms with Crippen LogP contribution < -0.4 is 0 Å². The van der Waals surface area contributed by atoms with Crippen molar-refractivity contribution < 1.29 is 13.3 Å². The molecule has 0 radical (unpaired) electrons. The second-order valence-corrected chi connectivity index (χ2v) is 8.54. The minimum Gasteiger partial charge on any atom is -0.258 e. The van der Waals surface area contributed by atoms with Crippen molar-refractivity contribution in [2.24, 2.45) is 0 Å². The van der Waals surface area contributed by atoms with Gasteiger partial charge in [-0.15, -0.1) is 0 Å². The third-order valence-corrected chi connectivity index (χ3v) is 6.36. The van der Waals surface area contributed by atoms with Crippen molar-refractivity contribution in [3.05, 3.63) is 101 Å². The summed E-state index contributed by atoms with van der Waals surface area (Å²) in [6.07, 6.45) is 1.48. The van der Waals surface area contributed by atoms with Crippen molar-refractivity contribution in [3.63, 3.8) is 0 Å². The molecule has 4 rings (SSSR count). The van der Waals surface area contributed by atoms with E-state index in [-0.39, 0.29) is 10.6 Å². The number of pyridine rings is 1. The number of nitro groups is 1. The highest BCUT2D eigenvalue weighted by Gasteiger charge is 2.21. The van der Waals surface area contributed by atoms with Crippen LogP contribution >= 0.6 is 0 Å². The zero-order chi connectivity index (χ0) is 21.3. The number of hydrogen-bond donors (Lipinski definition) is 0. The van der Waals surface area contributed by atoms with Gasteiger partial charge in [-0.25, -0.2) is 17.4 Å². The average molecular weight is 419 g/mol. The molecule has 0 aliphatic rings. The summed E-state index contributed by atoms with van der Waals surface area (Å²) in [5.41, 5.74) is 2.86. The van der Waals surface area contributed by atoms with Gasteiger partial charge in [-0.2, -0.15) is 0 Å². The monoisotopic (exact) mass is 419 g/mol. The summed E-state index contributed by atoms with van der Waals surface area (Å²) in [4.78, 5) is 15.3. The van der Waals surface area contributed by atoms with Crippen molar-refractivity contribution >= 4 is 15.7 Å². The molecule has 7 nitrogen and oxygen atoms in total. The Balaban J connectivity index is 1.78. The van der Waals surface area contributed by atoms with E-state index in [9.17, 15) is 18.5 Å². The fraction of sp³-hybridized carbons (Fsp3) is 0.0455. The number of hydrogen-bond acceptors (Lipinski definition) is 5. The van der Waals surface area contributed by atoms with Gasteiger partial charge in [-0.1, -0.05) is 35.9 Å². The first-order valence-corrected chi connectivity index (χ1v) is 10.5. The molecule has 0 amide bonds. The lowest BCUT2D eigenvalue weighted by Crippen LogP contribution is -2.13. The molecule has 2 heterocycles.